The molecule has 2 aromatic rings. The van der Waals surface area contributed by atoms with Crippen LogP contribution in [-0.2, 0) is 6.42 Å². The maximum Gasteiger partial charge on any atom is 0.270 e. The maximum absolute atomic E-state index is 12.8. The maximum atomic E-state index is 12.8. The minimum atomic E-state index is -0.655. The van der Waals surface area contributed by atoms with E-state index in [-0.39, 0.29) is 11.6 Å². The summed E-state index contributed by atoms with van der Waals surface area (Å²) in [5, 5.41) is 5.64. The average Bonchev–Trinajstić information content (AvgIpc) is 2.75. The minimum absolute atomic E-state index is 0.0875. The molecule has 2 rings (SSSR count). The third-order valence-electron chi connectivity index (χ3n) is 2.28. The highest BCUT2D eigenvalue weighted by Crippen LogP contribution is 2.07. The number of hydrogen-bond donors (Lipinski definition) is 1. The molecule has 0 aliphatic carbocycles. The lowest BCUT2D eigenvalue weighted by molar-refractivity contribution is 0.0948. The van der Waals surface area contributed by atoms with Gasteiger partial charge in [-0.15, -0.1) is 11.3 Å². The van der Waals surface area contributed by atoms with Gasteiger partial charge in [0.05, 0.1) is 10.7 Å². The highest BCUT2D eigenvalue weighted by molar-refractivity contribution is 7.09. The number of hydrogen-bond acceptors (Lipinski definition) is 4. The molecule has 0 spiro atoms. The number of rotatable bonds is 4. The lowest BCUT2D eigenvalue weighted by Gasteiger charge is -2.03. The number of carbonyl (C=O) groups excluding carboxylic acids is 1. The first-order valence-corrected chi connectivity index (χ1v) is 6.35. The number of pyridine rings is 1. The van der Waals surface area contributed by atoms with Gasteiger partial charge in [0.15, 0.2) is 0 Å². The molecule has 0 atom stereocenters. The molecule has 0 unspecified atom stereocenters. The summed E-state index contributed by atoms with van der Waals surface area (Å²) in [6, 6.07) is 4.14. The van der Waals surface area contributed by atoms with Crippen molar-refractivity contribution in [1.29, 1.82) is 0 Å². The number of thiazole rings is 1. The number of carbonyl (C=O) groups is 1. The van der Waals surface area contributed by atoms with Gasteiger partial charge in [0, 0.05) is 18.3 Å². The van der Waals surface area contributed by atoms with Crippen LogP contribution < -0.4 is 5.32 Å². The summed E-state index contributed by atoms with van der Waals surface area (Å²) in [5.41, 5.74) is 1.04. The van der Waals surface area contributed by atoms with Gasteiger partial charge in [-0.3, -0.25) is 4.79 Å². The van der Waals surface area contributed by atoms with Crippen LogP contribution in [0.1, 0.15) is 21.2 Å². The van der Waals surface area contributed by atoms with Crippen molar-refractivity contribution in [3.05, 3.63) is 45.9 Å². The molecular weight excluding hydrogens is 253 g/mol. The fourth-order valence-corrected chi connectivity index (χ4v) is 2.10. The van der Waals surface area contributed by atoms with Crippen molar-refractivity contribution in [2.75, 3.05) is 6.54 Å². The molecule has 2 heterocycles. The molecule has 4 nitrogen and oxygen atoms in total. The summed E-state index contributed by atoms with van der Waals surface area (Å²) in [6.45, 7) is 2.39. The van der Waals surface area contributed by atoms with Crippen LogP contribution in [-0.4, -0.2) is 22.4 Å². The summed E-state index contributed by atoms with van der Waals surface area (Å²) >= 11 is 1.58. The van der Waals surface area contributed by atoms with E-state index in [1.807, 2.05) is 12.3 Å². The molecule has 0 aliphatic rings. The van der Waals surface area contributed by atoms with E-state index in [0.717, 1.165) is 10.7 Å². The third kappa shape index (κ3) is 3.33. The highest BCUT2D eigenvalue weighted by Gasteiger charge is 2.07. The van der Waals surface area contributed by atoms with E-state index < -0.39 is 5.95 Å². The first-order chi connectivity index (χ1) is 8.65. The molecule has 18 heavy (non-hydrogen) atoms. The molecule has 0 bridgehead atoms. The molecule has 0 fully saturated rings. The first kappa shape index (κ1) is 12.6. The molecule has 0 saturated carbocycles. The number of halogens is 1. The van der Waals surface area contributed by atoms with Crippen molar-refractivity contribution in [1.82, 2.24) is 15.3 Å². The second-order valence-electron chi connectivity index (χ2n) is 3.71. The monoisotopic (exact) mass is 265 g/mol. The van der Waals surface area contributed by atoms with Gasteiger partial charge in [0.1, 0.15) is 5.69 Å². The zero-order chi connectivity index (χ0) is 13.0. The molecule has 0 aromatic carbocycles. The van der Waals surface area contributed by atoms with Crippen LogP contribution in [0.4, 0.5) is 4.39 Å². The minimum Gasteiger partial charge on any atom is -0.350 e. The third-order valence-corrected chi connectivity index (χ3v) is 3.10. The van der Waals surface area contributed by atoms with Crippen molar-refractivity contribution in [2.24, 2.45) is 0 Å². The lowest BCUT2D eigenvalue weighted by Crippen LogP contribution is -2.26. The standard InChI is InChI=1S/C12H12FN3OS/c1-8-15-9(7-18-8)5-6-14-12(17)10-3-2-4-11(13)16-10/h2-4,7H,5-6H2,1H3,(H,14,17). The summed E-state index contributed by atoms with van der Waals surface area (Å²) < 4.78 is 12.8. The molecule has 0 radical (unpaired) electrons. The Morgan fingerprint density at radius 3 is 2.94 bits per heavy atom. The van der Waals surface area contributed by atoms with Gasteiger partial charge in [-0.1, -0.05) is 6.07 Å². The molecule has 6 heteroatoms. The van der Waals surface area contributed by atoms with E-state index in [0.29, 0.717) is 13.0 Å². The largest absolute Gasteiger partial charge is 0.350 e. The van der Waals surface area contributed by atoms with Gasteiger partial charge in [-0.25, -0.2) is 9.97 Å². The quantitative estimate of drug-likeness (QED) is 0.860. The summed E-state index contributed by atoms with van der Waals surface area (Å²) in [4.78, 5) is 19.4. The Balaban J connectivity index is 1.85. The Labute approximate surface area is 108 Å². The number of aromatic nitrogens is 2. The van der Waals surface area contributed by atoms with Crippen molar-refractivity contribution in [3.63, 3.8) is 0 Å². The summed E-state index contributed by atoms with van der Waals surface area (Å²) in [5.74, 6) is -1.03. The van der Waals surface area contributed by atoms with Crippen molar-refractivity contribution < 1.29 is 9.18 Å². The Morgan fingerprint density at radius 1 is 1.44 bits per heavy atom. The predicted octanol–water partition coefficient (Wildman–Crippen LogP) is 1.96. The zero-order valence-corrected chi connectivity index (χ0v) is 10.6. The van der Waals surface area contributed by atoms with Crippen molar-refractivity contribution in [3.8, 4) is 0 Å². The van der Waals surface area contributed by atoms with E-state index in [1.165, 1.54) is 18.2 Å². The predicted molar refractivity (Wildman–Crippen MR) is 67.1 cm³/mol. The van der Waals surface area contributed by atoms with E-state index >= 15 is 0 Å². The van der Waals surface area contributed by atoms with Crippen LogP contribution in [0.5, 0.6) is 0 Å². The lowest BCUT2D eigenvalue weighted by atomic mass is 10.3. The first-order valence-electron chi connectivity index (χ1n) is 5.47. The second-order valence-corrected chi connectivity index (χ2v) is 4.77. The average molecular weight is 265 g/mol. The number of aryl methyl sites for hydroxylation is 1. The molecule has 0 saturated heterocycles. The van der Waals surface area contributed by atoms with Crippen LogP contribution in [0, 0.1) is 12.9 Å². The Hall–Kier alpha value is -1.82. The summed E-state index contributed by atoms with van der Waals surface area (Å²) in [6.07, 6.45) is 0.658. The van der Waals surface area contributed by atoms with Crippen LogP contribution >= 0.6 is 11.3 Å². The molecule has 0 aliphatic heterocycles. The topological polar surface area (TPSA) is 54.9 Å². The number of nitrogens with zero attached hydrogens (tertiary/aromatic N) is 2. The molecular formula is C12H12FN3OS. The van der Waals surface area contributed by atoms with Crippen LogP contribution in [0.3, 0.4) is 0 Å². The smallest absolute Gasteiger partial charge is 0.270 e. The SMILES string of the molecule is Cc1nc(CCNC(=O)c2cccc(F)n2)cs1. The van der Waals surface area contributed by atoms with E-state index in [4.69, 9.17) is 0 Å². The second kappa shape index (κ2) is 5.68. The van der Waals surface area contributed by atoms with E-state index in [2.05, 4.69) is 15.3 Å². The van der Waals surface area contributed by atoms with Gasteiger partial charge in [0.25, 0.3) is 5.91 Å². The Kier molecular flexibility index (Phi) is 3.99. The molecule has 1 N–H and O–H groups in total. The molecule has 94 valence electrons. The van der Waals surface area contributed by atoms with Crippen molar-refractivity contribution >= 4 is 17.2 Å². The number of nitrogens with one attached hydrogen (secondary N) is 1. The Bertz CT molecular complexity index is 556. The van der Waals surface area contributed by atoms with Crippen molar-refractivity contribution in [2.45, 2.75) is 13.3 Å². The van der Waals surface area contributed by atoms with Crippen LogP contribution in [0.25, 0.3) is 0 Å². The molecule has 2 aromatic heterocycles. The fourth-order valence-electron chi connectivity index (χ4n) is 1.45. The Morgan fingerprint density at radius 2 is 2.28 bits per heavy atom. The van der Waals surface area contributed by atoms with E-state index in [1.54, 1.807) is 11.3 Å². The number of amides is 1. The fraction of sp³-hybridized carbons (Fsp3) is 0.250. The van der Waals surface area contributed by atoms with Gasteiger partial charge < -0.3 is 5.32 Å². The van der Waals surface area contributed by atoms with Crippen LogP contribution in [0.15, 0.2) is 23.6 Å². The zero-order valence-electron chi connectivity index (χ0n) is 9.81. The van der Waals surface area contributed by atoms with Gasteiger partial charge in [0.2, 0.25) is 5.95 Å². The summed E-state index contributed by atoms with van der Waals surface area (Å²) in [7, 11) is 0. The molecule has 1 amide bonds. The van der Waals surface area contributed by atoms with E-state index in [9.17, 15) is 9.18 Å². The van der Waals surface area contributed by atoms with Gasteiger partial charge >= 0.3 is 0 Å². The normalized spacial score (nSPS) is 10.3. The van der Waals surface area contributed by atoms with Crippen LogP contribution in [0.2, 0.25) is 0 Å². The highest BCUT2D eigenvalue weighted by atomic mass is 32.1. The van der Waals surface area contributed by atoms with Gasteiger partial charge in [-0.05, 0) is 19.1 Å². The van der Waals surface area contributed by atoms with Gasteiger partial charge in [-0.2, -0.15) is 4.39 Å².